The van der Waals surface area contributed by atoms with E-state index in [0.29, 0.717) is 28.8 Å². The first-order valence-corrected chi connectivity index (χ1v) is 9.87. The monoisotopic (exact) mass is 378 g/mol. The number of aromatic hydroxyl groups is 1. The van der Waals surface area contributed by atoms with E-state index in [9.17, 15) is 9.90 Å². The number of hydrogen-bond donors (Lipinski definition) is 2. The SMILES string of the molecule is Cc1ccc(NC(=O)c2c(C)oc3ccc(O)c(CN4CCCCC4)c23)cc1. The molecule has 0 radical (unpaired) electrons. The summed E-state index contributed by atoms with van der Waals surface area (Å²) in [4.78, 5) is 15.4. The zero-order valence-electron chi connectivity index (χ0n) is 16.4. The van der Waals surface area contributed by atoms with Crippen LogP contribution in [0.2, 0.25) is 0 Å². The third-order valence-electron chi connectivity index (χ3n) is 5.48. The first kappa shape index (κ1) is 18.6. The molecule has 0 atom stereocenters. The van der Waals surface area contributed by atoms with Crippen molar-refractivity contribution >= 4 is 22.6 Å². The highest BCUT2D eigenvalue weighted by molar-refractivity contribution is 6.14. The molecule has 5 nitrogen and oxygen atoms in total. The molecule has 4 rings (SSSR count). The fourth-order valence-corrected chi connectivity index (χ4v) is 3.97. The van der Waals surface area contributed by atoms with Crippen molar-refractivity contribution in [1.29, 1.82) is 0 Å². The number of piperidine rings is 1. The third kappa shape index (κ3) is 3.62. The number of aryl methyl sites for hydroxylation is 2. The molecular weight excluding hydrogens is 352 g/mol. The normalized spacial score (nSPS) is 15.1. The van der Waals surface area contributed by atoms with Crippen LogP contribution in [0.15, 0.2) is 40.8 Å². The number of anilines is 1. The van der Waals surface area contributed by atoms with E-state index in [2.05, 4.69) is 10.2 Å². The van der Waals surface area contributed by atoms with Crippen molar-refractivity contribution in [3.63, 3.8) is 0 Å². The summed E-state index contributed by atoms with van der Waals surface area (Å²) in [6, 6.07) is 11.1. The molecule has 146 valence electrons. The number of benzene rings is 2. The van der Waals surface area contributed by atoms with Crippen molar-refractivity contribution in [2.75, 3.05) is 18.4 Å². The zero-order chi connectivity index (χ0) is 19.7. The smallest absolute Gasteiger partial charge is 0.259 e. The Morgan fingerprint density at radius 1 is 1.07 bits per heavy atom. The summed E-state index contributed by atoms with van der Waals surface area (Å²) in [7, 11) is 0. The van der Waals surface area contributed by atoms with Crippen LogP contribution in [0.3, 0.4) is 0 Å². The minimum absolute atomic E-state index is 0.211. The molecule has 0 bridgehead atoms. The number of phenolic OH excluding ortho intramolecular Hbond substituents is 1. The van der Waals surface area contributed by atoms with Crippen LogP contribution >= 0.6 is 0 Å². The number of furan rings is 1. The van der Waals surface area contributed by atoms with Crippen LogP contribution < -0.4 is 5.32 Å². The Bertz CT molecular complexity index is 999. The van der Waals surface area contributed by atoms with Crippen LogP contribution in [-0.2, 0) is 6.54 Å². The second-order valence-corrected chi connectivity index (χ2v) is 7.63. The summed E-state index contributed by atoms with van der Waals surface area (Å²) < 4.78 is 5.87. The zero-order valence-corrected chi connectivity index (χ0v) is 16.4. The Morgan fingerprint density at radius 3 is 2.50 bits per heavy atom. The van der Waals surface area contributed by atoms with Gasteiger partial charge in [0.1, 0.15) is 17.1 Å². The number of hydrogen-bond acceptors (Lipinski definition) is 4. The predicted octanol–water partition coefficient (Wildman–Crippen LogP) is 4.99. The lowest BCUT2D eigenvalue weighted by molar-refractivity contribution is 0.102. The van der Waals surface area contributed by atoms with Crippen molar-refractivity contribution in [2.24, 2.45) is 0 Å². The van der Waals surface area contributed by atoms with E-state index in [0.717, 1.165) is 29.9 Å². The maximum Gasteiger partial charge on any atom is 0.259 e. The number of fused-ring (bicyclic) bond motifs is 1. The Hall–Kier alpha value is -2.79. The Morgan fingerprint density at radius 2 is 1.79 bits per heavy atom. The molecule has 2 N–H and O–H groups in total. The summed E-state index contributed by atoms with van der Waals surface area (Å²) in [6.07, 6.45) is 3.59. The molecule has 0 saturated carbocycles. The van der Waals surface area contributed by atoms with Gasteiger partial charge in [-0.15, -0.1) is 0 Å². The molecule has 1 aliphatic rings. The summed E-state index contributed by atoms with van der Waals surface area (Å²) >= 11 is 0. The second-order valence-electron chi connectivity index (χ2n) is 7.63. The van der Waals surface area contributed by atoms with Gasteiger partial charge in [-0.2, -0.15) is 0 Å². The van der Waals surface area contributed by atoms with Crippen LogP contribution in [-0.4, -0.2) is 29.0 Å². The predicted molar refractivity (Wildman–Crippen MR) is 111 cm³/mol. The fraction of sp³-hybridized carbons (Fsp3) is 0.348. The second kappa shape index (κ2) is 7.68. The quantitative estimate of drug-likeness (QED) is 0.671. The van der Waals surface area contributed by atoms with E-state index in [-0.39, 0.29) is 11.7 Å². The van der Waals surface area contributed by atoms with Gasteiger partial charge in [-0.05, 0) is 64.0 Å². The molecule has 28 heavy (non-hydrogen) atoms. The van der Waals surface area contributed by atoms with Crippen LogP contribution in [0.25, 0.3) is 11.0 Å². The van der Waals surface area contributed by atoms with Gasteiger partial charge in [-0.25, -0.2) is 0 Å². The van der Waals surface area contributed by atoms with Gasteiger partial charge >= 0.3 is 0 Å². The number of phenols is 1. The van der Waals surface area contributed by atoms with Crippen LogP contribution in [0.1, 0.15) is 46.5 Å². The molecule has 0 spiro atoms. The maximum atomic E-state index is 13.1. The highest BCUT2D eigenvalue weighted by Gasteiger charge is 2.24. The van der Waals surface area contributed by atoms with Gasteiger partial charge in [0.15, 0.2) is 0 Å². The summed E-state index contributed by atoms with van der Waals surface area (Å²) in [5.41, 5.74) is 3.78. The van der Waals surface area contributed by atoms with E-state index in [1.165, 1.54) is 19.3 Å². The number of amides is 1. The van der Waals surface area contributed by atoms with Gasteiger partial charge < -0.3 is 14.8 Å². The first-order chi connectivity index (χ1) is 13.5. The molecule has 1 fully saturated rings. The van der Waals surface area contributed by atoms with Crippen molar-refractivity contribution < 1.29 is 14.3 Å². The Kier molecular flexibility index (Phi) is 5.09. The van der Waals surface area contributed by atoms with Gasteiger partial charge in [0, 0.05) is 23.2 Å². The lowest BCUT2D eigenvalue weighted by Crippen LogP contribution is -2.29. The molecule has 1 aromatic heterocycles. The van der Waals surface area contributed by atoms with Gasteiger partial charge in [0.25, 0.3) is 5.91 Å². The molecule has 1 saturated heterocycles. The number of carbonyl (C=O) groups excluding carboxylic acids is 1. The Balaban J connectivity index is 1.72. The van der Waals surface area contributed by atoms with E-state index in [4.69, 9.17) is 4.42 Å². The molecule has 3 aromatic rings. The molecule has 2 heterocycles. The molecule has 2 aromatic carbocycles. The number of nitrogens with zero attached hydrogens (tertiary/aromatic N) is 1. The largest absolute Gasteiger partial charge is 0.508 e. The van der Waals surface area contributed by atoms with E-state index < -0.39 is 0 Å². The summed E-state index contributed by atoms with van der Waals surface area (Å²) in [6.45, 7) is 6.45. The molecule has 0 aliphatic carbocycles. The standard InChI is InChI=1S/C23H26N2O3/c1-15-6-8-17(9-7-15)24-23(27)21-16(2)28-20-11-10-19(26)18(22(20)21)14-25-12-4-3-5-13-25/h6-11,26H,3-5,12-14H2,1-2H3,(H,24,27). The average molecular weight is 378 g/mol. The third-order valence-corrected chi connectivity index (χ3v) is 5.48. The van der Waals surface area contributed by atoms with Gasteiger partial charge in [-0.1, -0.05) is 24.1 Å². The lowest BCUT2D eigenvalue weighted by Gasteiger charge is -2.27. The fourth-order valence-electron chi connectivity index (χ4n) is 3.97. The van der Waals surface area contributed by atoms with Crippen molar-refractivity contribution in [3.8, 4) is 5.75 Å². The maximum absolute atomic E-state index is 13.1. The Labute approximate surface area is 165 Å². The van der Waals surface area contributed by atoms with Crippen molar-refractivity contribution in [1.82, 2.24) is 4.90 Å². The van der Waals surface area contributed by atoms with Crippen molar-refractivity contribution in [2.45, 2.75) is 39.7 Å². The van der Waals surface area contributed by atoms with E-state index >= 15 is 0 Å². The number of nitrogens with one attached hydrogen (secondary N) is 1. The molecule has 5 heteroatoms. The van der Waals surface area contributed by atoms with Gasteiger partial charge in [-0.3, -0.25) is 9.69 Å². The molecule has 1 amide bonds. The van der Waals surface area contributed by atoms with Crippen LogP contribution in [0, 0.1) is 13.8 Å². The average Bonchev–Trinajstić information content (AvgIpc) is 3.03. The first-order valence-electron chi connectivity index (χ1n) is 9.87. The van der Waals surface area contributed by atoms with Crippen LogP contribution in [0.5, 0.6) is 5.75 Å². The van der Waals surface area contributed by atoms with Crippen LogP contribution in [0.4, 0.5) is 5.69 Å². The number of likely N-dealkylation sites (tertiary alicyclic amines) is 1. The minimum Gasteiger partial charge on any atom is -0.508 e. The van der Waals surface area contributed by atoms with Gasteiger partial charge in [0.2, 0.25) is 0 Å². The topological polar surface area (TPSA) is 65.7 Å². The van der Waals surface area contributed by atoms with E-state index in [1.807, 2.05) is 31.2 Å². The highest BCUT2D eigenvalue weighted by atomic mass is 16.3. The van der Waals surface area contributed by atoms with Crippen molar-refractivity contribution in [3.05, 3.63) is 58.8 Å². The summed E-state index contributed by atoms with van der Waals surface area (Å²) in [5, 5.41) is 14.3. The number of rotatable bonds is 4. The summed E-state index contributed by atoms with van der Waals surface area (Å²) in [5.74, 6) is 0.555. The minimum atomic E-state index is -0.217. The van der Waals surface area contributed by atoms with E-state index in [1.54, 1.807) is 19.1 Å². The van der Waals surface area contributed by atoms with Gasteiger partial charge in [0.05, 0.1) is 5.56 Å². The lowest BCUT2D eigenvalue weighted by atomic mass is 10.0. The number of carbonyl (C=O) groups is 1. The molecular formula is C23H26N2O3. The highest BCUT2D eigenvalue weighted by Crippen LogP contribution is 2.35. The molecule has 0 unspecified atom stereocenters. The molecule has 1 aliphatic heterocycles.